The minimum Gasteiger partial charge on any atom is -0.321 e. The van der Waals surface area contributed by atoms with Crippen LogP contribution in [0.3, 0.4) is 0 Å². The Bertz CT molecular complexity index is 958. The molecular weight excluding hydrogens is 392 g/mol. The Kier molecular flexibility index (Phi) is 6.58. The minimum absolute atomic E-state index is 0.189. The maximum absolute atomic E-state index is 12.9. The van der Waals surface area contributed by atoms with E-state index < -0.39 is 10.0 Å². The van der Waals surface area contributed by atoms with E-state index >= 15 is 0 Å². The molecule has 7 heteroatoms. The van der Waals surface area contributed by atoms with Gasteiger partial charge in [-0.1, -0.05) is 25.8 Å². The van der Waals surface area contributed by atoms with Crippen LogP contribution in [-0.2, 0) is 16.4 Å². The van der Waals surface area contributed by atoms with E-state index in [0.717, 1.165) is 42.5 Å². The Labute approximate surface area is 171 Å². The van der Waals surface area contributed by atoms with Crippen LogP contribution in [0.4, 0.5) is 5.69 Å². The van der Waals surface area contributed by atoms with Gasteiger partial charge < -0.3 is 5.32 Å². The number of carbonyl (C=O) groups excluding carboxylic acids is 1. The maximum atomic E-state index is 12.9. The van der Waals surface area contributed by atoms with Gasteiger partial charge in [-0.3, -0.25) is 4.79 Å². The molecule has 1 fully saturated rings. The molecule has 2 aromatic rings. The first kappa shape index (κ1) is 21.0. The van der Waals surface area contributed by atoms with Crippen LogP contribution in [-0.4, -0.2) is 31.7 Å². The second-order valence-corrected chi connectivity index (χ2v) is 10.5. The Morgan fingerprint density at radius 2 is 1.86 bits per heavy atom. The van der Waals surface area contributed by atoms with Crippen molar-refractivity contribution in [3.63, 3.8) is 0 Å². The number of amides is 1. The quantitative estimate of drug-likeness (QED) is 0.734. The lowest BCUT2D eigenvalue weighted by Crippen LogP contribution is -2.35. The Morgan fingerprint density at radius 1 is 1.14 bits per heavy atom. The molecule has 0 saturated carbocycles. The molecule has 2 heterocycles. The largest absolute Gasteiger partial charge is 0.321 e. The second kappa shape index (κ2) is 8.76. The maximum Gasteiger partial charge on any atom is 0.265 e. The zero-order valence-corrected chi connectivity index (χ0v) is 18.4. The molecule has 3 rings (SSSR count). The SMILES string of the molecule is CCCc1cc(C(=O)Nc2cc(S(=O)(=O)N3CCCCC3)ccc2C)sc1C. The average molecular weight is 421 g/mol. The molecule has 0 unspecified atom stereocenters. The van der Waals surface area contributed by atoms with Crippen molar-refractivity contribution in [2.75, 3.05) is 18.4 Å². The molecule has 1 N–H and O–H groups in total. The zero-order valence-electron chi connectivity index (χ0n) is 16.7. The molecule has 0 spiro atoms. The van der Waals surface area contributed by atoms with Crippen LogP contribution in [0.15, 0.2) is 29.2 Å². The van der Waals surface area contributed by atoms with Crippen molar-refractivity contribution < 1.29 is 13.2 Å². The first-order valence-corrected chi connectivity index (χ1v) is 12.1. The number of anilines is 1. The number of benzene rings is 1. The molecule has 0 aliphatic carbocycles. The summed E-state index contributed by atoms with van der Waals surface area (Å²) in [6, 6.07) is 6.92. The number of thiophene rings is 1. The van der Waals surface area contributed by atoms with Crippen LogP contribution in [0.2, 0.25) is 0 Å². The van der Waals surface area contributed by atoms with Gasteiger partial charge >= 0.3 is 0 Å². The number of rotatable bonds is 6. The number of nitrogens with zero attached hydrogens (tertiary/aromatic N) is 1. The fraction of sp³-hybridized carbons (Fsp3) is 0.476. The number of sulfonamides is 1. The molecular formula is C21H28N2O3S2. The van der Waals surface area contributed by atoms with Gasteiger partial charge in [-0.15, -0.1) is 11.3 Å². The summed E-state index contributed by atoms with van der Waals surface area (Å²) in [7, 11) is -3.53. The highest BCUT2D eigenvalue weighted by molar-refractivity contribution is 7.89. The van der Waals surface area contributed by atoms with E-state index in [-0.39, 0.29) is 10.8 Å². The Balaban J connectivity index is 1.83. The third-order valence-electron chi connectivity index (χ3n) is 5.17. The molecule has 1 saturated heterocycles. The molecule has 28 heavy (non-hydrogen) atoms. The third-order valence-corrected chi connectivity index (χ3v) is 8.16. The van der Waals surface area contributed by atoms with Crippen LogP contribution < -0.4 is 5.32 Å². The number of hydrogen-bond acceptors (Lipinski definition) is 4. The lowest BCUT2D eigenvalue weighted by Gasteiger charge is -2.26. The topological polar surface area (TPSA) is 66.5 Å². The van der Waals surface area contributed by atoms with E-state index in [1.54, 1.807) is 22.5 Å². The van der Waals surface area contributed by atoms with E-state index in [1.165, 1.54) is 16.9 Å². The van der Waals surface area contributed by atoms with Gasteiger partial charge in [0, 0.05) is 23.7 Å². The van der Waals surface area contributed by atoms with E-state index in [4.69, 9.17) is 0 Å². The summed E-state index contributed by atoms with van der Waals surface area (Å²) in [6.07, 6.45) is 4.85. The monoisotopic (exact) mass is 420 g/mol. The van der Waals surface area contributed by atoms with Crippen molar-refractivity contribution >= 4 is 33.0 Å². The first-order valence-electron chi connectivity index (χ1n) is 9.84. The lowest BCUT2D eigenvalue weighted by atomic mass is 10.1. The third kappa shape index (κ3) is 4.47. The van der Waals surface area contributed by atoms with Gasteiger partial charge in [0.05, 0.1) is 9.77 Å². The van der Waals surface area contributed by atoms with E-state index in [2.05, 4.69) is 12.2 Å². The van der Waals surface area contributed by atoms with Crippen molar-refractivity contribution in [3.05, 3.63) is 45.1 Å². The van der Waals surface area contributed by atoms with Crippen molar-refractivity contribution in [2.45, 2.75) is 57.8 Å². The van der Waals surface area contributed by atoms with Gasteiger partial charge in [0.2, 0.25) is 10.0 Å². The fourth-order valence-corrected chi connectivity index (χ4v) is 5.99. The summed E-state index contributed by atoms with van der Waals surface area (Å²) in [5.41, 5.74) is 2.59. The van der Waals surface area contributed by atoms with Crippen molar-refractivity contribution in [2.24, 2.45) is 0 Å². The van der Waals surface area contributed by atoms with E-state index in [1.807, 2.05) is 19.9 Å². The molecule has 1 aromatic carbocycles. The fourth-order valence-electron chi connectivity index (χ4n) is 3.48. The minimum atomic E-state index is -3.53. The highest BCUT2D eigenvalue weighted by Crippen LogP contribution is 2.27. The molecule has 5 nitrogen and oxygen atoms in total. The van der Waals surface area contributed by atoms with Crippen LogP contribution >= 0.6 is 11.3 Å². The summed E-state index contributed by atoms with van der Waals surface area (Å²) < 4.78 is 27.4. The Hall–Kier alpha value is -1.70. The summed E-state index contributed by atoms with van der Waals surface area (Å²) in [5, 5.41) is 2.91. The summed E-state index contributed by atoms with van der Waals surface area (Å²) >= 11 is 1.48. The Morgan fingerprint density at radius 3 is 2.54 bits per heavy atom. The summed E-state index contributed by atoms with van der Waals surface area (Å²) in [6.45, 7) is 7.15. The molecule has 1 aliphatic heterocycles. The van der Waals surface area contributed by atoms with Crippen molar-refractivity contribution in [1.82, 2.24) is 4.31 Å². The van der Waals surface area contributed by atoms with Crippen LogP contribution in [0.25, 0.3) is 0 Å². The average Bonchev–Trinajstić information content (AvgIpc) is 3.05. The number of nitrogens with one attached hydrogen (secondary N) is 1. The highest BCUT2D eigenvalue weighted by Gasteiger charge is 2.26. The van der Waals surface area contributed by atoms with Gasteiger partial charge in [0.1, 0.15) is 0 Å². The second-order valence-electron chi connectivity index (χ2n) is 7.34. The molecule has 1 aromatic heterocycles. The van der Waals surface area contributed by atoms with Gasteiger partial charge in [0.15, 0.2) is 0 Å². The number of hydrogen-bond donors (Lipinski definition) is 1. The molecule has 1 aliphatic rings. The first-order chi connectivity index (χ1) is 13.3. The van der Waals surface area contributed by atoms with Crippen LogP contribution in [0, 0.1) is 13.8 Å². The number of aryl methyl sites for hydroxylation is 3. The van der Waals surface area contributed by atoms with Crippen molar-refractivity contribution in [3.8, 4) is 0 Å². The molecule has 0 radical (unpaired) electrons. The van der Waals surface area contributed by atoms with Crippen molar-refractivity contribution in [1.29, 1.82) is 0 Å². The molecule has 152 valence electrons. The number of piperidine rings is 1. The number of carbonyl (C=O) groups is 1. The summed E-state index contributed by atoms with van der Waals surface area (Å²) in [4.78, 5) is 14.8. The van der Waals surface area contributed by atoms with Crippen LogP contribution in [0.1, 0.15) is 58.3 Å². The predicted molar refractivity (Wildman–Crippen MR) is 115 cm³/mol. The van der Waals surface area contributed by atoms with Gasteiger partial charge in [-0.25, -0.2) is 8.42 Å². The molecule has 0 bridgehead atoms. The molecule has 0 atom stereocenters. The zero-order chi connectivity index (χ0) is 20.3. The van der Waals surface area contributed by atoms with E-state index in [9.17, 15) is 13.2 Å². The highest BCUT2D eigenvalue weighted by atomic mass is 32.2. The van der Waals surface area contributed by atoms with Gasteiger partial charge in [-0.05, 0) is 62.4 Å². The smallest absolute Gasteiger partial charge is 0.265 e. The summed E-state index contributed by atoms with van der Waals surface area (Å²) in [5.74, 6) is -0.189. The predicted octanol–water partition coefficient (Wildman–Crippen LogP) is 4.74. The van der Waals surface area contributed by atoms with Gasteiger partial charge in [-0.2, -0.15) is 4.31 Å². The van der Waals surface area contributed by atoms with Gasteiger partial charge in [0.25, 0.3) is 5.91 Å². The van der Waals surface area contributed by atoms with E-state index in [0.29, 0.717) is 23.7 Å². The normalized spacial score (nSPS) is 15.5. The lowest BCUT2D eigenvalue weighted by molar-refractivity contribution is 0.103. The van der Waals surface area contributed by atoms with Crippen LogP contribution in [0.5, 0.6) is 0 Å². The standard InChI is InChI=1S/C21H28N2O3S2/c1-4-8-17-13-20(27-16(17)3)21(24)22-19-14-18(10-9-15(19)2)28(25,26)23-11-6-5-7-12-23/h9-10,13-14H,4-8,11-12H2,1-3H3,(H,22,24). The molecule has 1 amide bonds.